The van der Waals surface area contributed by atoms with Crippen molar-refractivity contribution in [1.29, 1.82) is 0 Å². The van der Waals surface area contributed by atoms with Gasteiger partial charge in [0.1, 0.15) is 5.82 Å². The van der Waals surface area contributed by atoms with Crippen molar-refractivity contribution in [2.24, 2.45) is 0 Å². The van der Waals surface area contributed by atoms with Gasteiger partial charge in [-0.1, -0.05) is 6.07 Å². The number of benzene rings is 1. The highest BCUT2D eigenvalue weighted by Gasteiger charge is 2.19. The van der Waals surface area contributed by atoms with E-state index in [2.05, 4.69) is 10.3 Å². The Bertz CT molecular complexity index is 652. The van der Waals surface area contributed by atoms with Crippen molar-refractivity contribution < 1.29 is 9.18 Å². The maximum absolute atomic E-state index is 13.3. The second kappa shape index (κ2) is 3.91. The number of nitrogens with zero attached hydrogens (tertiary/aromatic N) is 1. The van der Waals surface area contributed by atoms with Gasteiger partial charge < -0.3 is 5.32 Å². The molecule has 0 radical (unpaired) electrons. The average molecular weight is 242 g/mol. The van der Waals surface area contributed by atoms with Gasteiger partial charge in [-0.2, -0.15) is 0 Å². The fourth-order valence-electron chi connectivity index (χ4n) is 2.14. The fourth-order valence-corrected chi connectivity index (χ4v) is 2.14. The summed E-state index contributed by atoms with van der Waals surface area (Å²) in [6, 6.07) is 6.46. The van der Waals surface area contributed by atoms with Crippen molar-refractivity contribution in [1.82, 2.24) is 4.98 Å². The number of hydrogen-bond acceptors (Lipinski definition) is 2. The number of halogens is 1. The van der Waals surface area contributed by atoms with Crippen LogP contribution in [-0.2, 0) is 11.2 Å². The van der Waals surface area contributed by atoms with E-state index in [4.69, 9.17) is 0 Å². The summed E-state index contributed by atoms with van der Waals surface area (Å²) in [5, 5.41) is 2.73. The highest BCUT2D eigenvalue weighted by Crippen LogP contribution is 2.28. The molecule has 0 atom stereocenters. The number of anilines is 1. The minimum Gasteiger partial charge on any atom is -0.324 e. The molecule has 3 nitrogen and oxygen atoms in total. The molecule has 18 heavy (non-hydrogen) atoms. The molecule has 0 unspecified atom stereocenters. The van der Waals surface area contributed by atoms with Gasteiger partial charge >= 0.3 is 0 Å². The Labute approximate surface area is 104 Å². The SMILES string of the molecule is Cc1ccc(F)cc1-c1cc2c(cn1)NC(=O)C2. The molecule has 1 amide bonds. The molecule has 90 valence electrons. The van der Waals surface area contributed by atoms with Crippen LogP contribution in [0.2, 0.25) is 0 Å². The van der Waals surface area contributed by atoms with Crippen LogP contribution >= 0.6 is 0 Å². The summed E-state index contributed by atoms with van der Waals surface area (Å²) in [6.07, 6.45) is 1.99. The Kier molecular flexibility index (Phi) is 2.37. The van der Waals surface area contributed by atoms with E-state index in [1.807, 2.05) is 13.0 Å². The second-order valence-electron chi connectivity index (χ2n) is 4.41. The van der Waals surface area contributed by atoms with Crippen molar-refractivity contribution in [2.45, 2.75) is 13.3 Å². The first-order chi connectivity index (χ1) is 8.63. The van der Waals surface area contributed by atoms with Crippen LogP contribution in [0.3, 0.4) is 0 Å². The van der Waals surface area contributed by atoms with Crippen LogP contribution in [0, 0.1) is 12.7 Å². The Morgan fingerprint density at radius 3 is 3.00 bits per heavy atom. The van der Waals surface area contributed by atoms with E-state index in [0.717, 1.165) is 22.4 Å². The van der Waals surface area contributed by atoms with Crippen molar-refractivity contribution in [3.63, 3.8) is 0 Å². The van der Waals surface area contributed by atoms with E-state index in [0.29, 0.717) is 12.1 Å². The molecule has 4 heteroatoms. The number of amides is 1. The van der Waals surface area contributed by atoms with Gasteiger partial charge in [0.15, 0.2) is 0 Å². The number of rotatable bonds is 1. The minimum absolute atomic E-state index is 0.0279. The smallest absolute Gasteiger partial charge is 0.228 e. The third kappa shape index (κ3) is 1.76. The Hall–Kier alpha value is -2.23. The van der Waals surface area contributed by atoms with Gasteiger partial charge in [-0.15, -0.1) is 0 Å². The van der Waals surface area contributed by atoms with Crippen LogP contribution in [0.1, 0.15) is 11.1 Å². The first-order valence-corrected chi connectivity index (χ1v) is 5.69. The summed E-state index contributed by atoms with van der Waals surface area (Å²) in [7, 11) is 0. The molecule has 1 N–H and O–H groups in total. The van der Waals surface area contributed by atoms with Gasteiger partial charge in [-0.25, -0.2) is 4.39 Å². The zero-order valence-electron chi connectivity index (χ0n) is 9.83. The van der Waals surface area contributed by atoms with E-state index in [1.54, 1.807) is 12.3 Å². The number of carbonyl (C=O) groups excluding carboxylic acids is 1. The zero-order valence-corrected chi connectivity index (χ0v) is 9.83. The maximum Gasteiger partial charge on any atom is 0.228 e. The molecular formula is C14H11FN2O. The molecule has 2 heterocycles. The third-order valence-electron chi connectivity index (χ3n) is 3.09. The molecule has 0 bridgehead atoms. The molecule has 0 fully saturated rings. The predicted molar refractivity (Wildman–Crippen MR) is 66.7 cm³/mol. The molecular weight excluding hydrogens is 231 g/mol. The molecule has 2 aromatic rings. The summed E-state index contributed by atoms with van der Waals surface area (Å²) in [6.45, 7) is 1.91. The average Bonchev–Trinajstić information content (AvgIpc) is 2.71. The van der Waals surface area contributed by atoms with Gasteiger partial charge in [0.25, 0.3) is 0 Å². The molecule has 0 saturated heterocycles. The van der Waals surface area contributed by atoms with Crippen LogP contribution in [-0.4, -0.2) is 10.9 Å². The molecule has 0 spiro atoms. The Balaban J connectivity index is 2.11. The molecule has 1 aromatic heterocycles. The van der Waals surface area contributed by atoms with Gasteiger partial charge in [0, 0.05) is 5.56 Å². The second-order valence-corrected chi connectivity index (χ2v) is 4.41. The van der Waals surface area contributed by atoms with Crippen LogP contribution in [0.25, 0.3) is 11.3 Å². The van der Waals surface area contributed by atoms with Crippen molar-refractivity contribution >= 4 is 11.6 Å². The summed E-state index contributed by atoms with van der Waals surface area (Å²) >= 11 is 0. The summed E-state index contributed by atoms with van der Waals surface area (Å²) in [5.74, 6) is -0.313. The van der Waals surface area contributed by atoms with Gasteiger partial charge in [-0.3, -0.25) is 9.78 Å². The number of aromatic nitrogens is 1. The molecule has 1 aromatic carbocycles. The summed E-state index contributed by atoms with van der Waals surface area (Å²) < 4.78 is 13.3. The number of aryl methyl sites for hydroxylation is 1. The van der Waals surface area contributed by atoms with Gasteiger partial charge in [0.05, 0.1) is 24.0 Å². The first-order valence-electron chi connectivity index (χ1n) is 5.69. The van der Waals surface area contributed by atoms with Crippen LogP contribution < -0.4 is 5.32 Å². The molecule has 3 rings (SSSR count). The first kappa shape index (κ1) is 10.9. The number of hydrogen-bond donors (Lipinski definition) is 1. The van der Waals surface area contributed by atoms with Crippen molar-refractivity contribution in [3.8, 4) is 11.3 Å². The number of nitrogens with one attached hydrogen (secondary N) is 1. The normalized spacial score (nSPS) is 13.3. The lowest BCUT2D eigenvalue weighted by atomic mass is 10.0. The summed E-state index contributed by atoms with van der Waals surface area (Å²) in [4.78, 5) is 15.5. The largest absolute Gasteiger partial charge is 0.324 e. The van der Waals surface area contributed by atoms with E-state index >= 15 is 0 Å². The molecule has 0 aliphatic carbocycles. The Morgan fingerprint density at radius 2 is 2.17 bits per heavy atom. The lowest BCUT2D eigenvalue weighted by Gasteiger charge is -2.07. The van der Waals surface area contributed by atoms with Crippen LogP contribution in [0.15, 0.2) is 30.5 Å². The lowest BCUT2D eigenvalue weighted by Crippen LogP contribution is -2.03. The molecule has 1 aliphatic rings. The van der Waals surface area contributed by atoms with Crippen molar-refractivity contribution in [2.75, 3.05) is 5.32 Å². The highest BCUT2D eigenvalue weighted by molar-refractivity contribution is 5.99. The number of carbonyl (C=O) groups is 1. The van der Waals surface area contributed by atoms with E-state index in [-0.39, 0.29) is 11.7 Å². The van der Waals surface area contributed by atoms with Gasteiger partial charge in [-0.05, 0) is 36.2 Å². The van der Waals surface area contributed by atoms with Gasteiger partial charge in [0.2, 0.25) is 5.91 Å². The maximum atomic E-state index is 13.3. The third-order valence-corrected chi connectivity index (χ3v) is 3.09. The highest BCUT2D eigenvalue weighted by atomic mass is 19.1. The quantitative estimate of drug-likeness (QED) is 0.835. The fraction of sp³-hybridized carbons (Fsp3) is 0.143. The summed E-state index contributed by atoms with van der Waals surface area (Å²) in [5.41, 5.74) is 4.08. The standard InChI is InChI=1S/C14H11FN2O/c1-8-2-3-10(15)6-11(8)12-4-9-5-14(18)17-13(9)7-16-12/h2-4,6-7H,5H2,1H3,(H,17,18). The van der Waals surface area contributed by atoms with Crippen LogP contribution in [0.5, 0.6) is 0 Å². The topological polar surface area (TPSA) is 42.0 Å². The van der Waals surface area contributed by atoms with Crippen molar-refractivity contribution in [3.05, 3.63) is 47.4 Å². The minimum atomic E-state index is -0.285. The Morgan fingerprint density at radius 1 is 1.33 bits per heavy atom. The van der Waals surface area contributed by atoms with E-state index < -0.39 is 0 Å². The monoisotopic (exact) mass is 242 g/mol. The molecule has 0 saturated carbocycles. The lowest BCUT2D eigenvalue weighted by molar-refractivity contribution is -0.115. The zero-order chi connectivity index (χ0) is 12.7. The predicted octanol–water partition coefficient (Wildman–Crippen LogP) is 2.69. The van der Waals surface area contributed by atoms with E-state index in [1.165, 1.54) is 12.1 Å². The number of pyridine rings is 1. The molecule has 1 aliphatic heterocycles. The van der Waals surface area contributed by atoms with E-state index in [9.17, 15) is 9.18 Å². The van der Waals surface area contributed by atoms with Crippen LogP contribution in [0.4, 0.5) is 10.1 Å². The number of fused-ring (bicyclic) bond motifs is 1.